The van der Waals surface area contributed by atoms with E-state index in [-0.39, 0.29) is 6.42 Å². The van der Waals surface area contributed by atoms with Crippen LogP contribution in [0.15, 0.2) is 0 Å². The summed E-state index contributed by atoms with van der Waals surface area (Å²) in [7, 11) is 2.39. The molecule has 0 amide bonds. The Morgan fingerprint density at radius 3 is 1.94 bits per heavy atom. The number of unbranched alkanes of at least 4 members (excludes halogenated alkanes) is 3. The molecule has 0 fully saturated rings. The summed E-state index contributed by atoms with van der Waals surface area (Å²) in [6.45, 7) is 0. The van der Waals surface area contributed by atoms with E-state index in [1.807, 2.05) is 0 Å². The monoisotopic (exact) mass is 250 g/mol. The Morgan fingerprint density at radius 2 is 1.50 bits per heavy atom. The molecule has 0 aromatic carbocycles. The molecule has 16 heavy (non-hydrogen) atoms. The summed E-state index contributed by atoms with van der Waals surface area (Å²) in [5.41, 5.74) is 0. The average Bonchev–Trinajstić information content (AvgIpc) is 2.29. The lowest BCUT2D eigenvalue weighted by molar-refractivity contribution is -0.137. The molecule has 0 aromatic rings. The predicted octanol–water partition coefficient (Wildman–Crippen LogP) is 1.90. The lowest BCUT2D eigenvalue weighted by Crippen LogP contribution is -2.42. The number of hydrogen-bond donors (Lipinski definition) is 1. The van der Waals surface area contributed by atoms with Crippen molar-refractivity contribution in [3.8, 4) is 0 Å². The average molecular weight is 250 g/mol. The van der Waals surface area contributed by atoms with Crippen LogP contribution in [0, 0.1) is 0 Å². The summed E-state index contributed by atoms with van der Waals surface area (Å²) < 4.78 is 15.8. The predicted molar refractivity (Wildman–Crippen MR) is 62.3 cm³/mol. The first-order valence-corrected chi connectivity index (χ1v) is 7.40. The van der Waals surface area contributed by atoms with Crippen LogP contribution in [0.5, 0.6) is 0 Å². The molecule has 0 radical (unpaired) electrons. The van der Waals surface area contributed by atoms with Gasteiger partial charge in [-0.15, -0.1) is 0 Å². The van der Waals surface area contributed by atoms with Gasteiger partial charge in [0.25, 0.3) is 0 Å². The van der Waals surface area contributed by atoms with Crippen molar-refractivity contribution in [3.63, 3.8) is 0 Å². The SMILES string of the molecule is CO[Si](CCCCCCC(=O)O)(OC)OC. The molecule has 0 unspecified atom stereocenters. The van der Waals surface area contributed by atoms with Gasteiger partial charge < -0.3 is 18.4 Å². The molecule has 96 valence electrons. The molecule has 0 heterocycles. The maximum Gasteiger partial charge on any atom is 0.500 e. The van der Waals surface area contributed by atoms with Crippen molar-refractivity contribution in [1.29, 1.82) is 0 Å². The van der Waals surface area contributed by atoms with E-state index in [0.29, 0.717) is 0 Å². The van der Waals surface area contributed by atoms with Crippen LogP contribution in [0.2, 0.25) is 6.04 Å². The standard InChI is InChI=1S/C10H22O5Si/c1-13-16(14-2,15-3)9-7-5-4-6-8-10(11)12/h4-9H2,1-3H3,(H,11,12). The van der Waals surface area contributed by atoms with E-state index < -0.39 is 14.8 Å². The van der Waals surface area contributed by atoms with E-state index in [1.54, 1.807) is 21.3 Å². The van der Waals surface area contributed by atoms with E-state index in [4.69, 9.17) is 18.4 Å². The fourth-order valence-corrected chi connectivity index (χ4v) is 3.32. The normalized spacial score (nSPS) is 11.7. The Bertz CT molecular complexity index is 185. The number of hydrogen-bond acceptors (Lipinski definition) is 4. The second-order valence-corrected chi connectivity index (χ2v) is 6.69. The summed E-state index contributed by atoms with van der Waals surface area (Å²) in [6.07, 6.45) is 3.84. The highest BCUT2D eigenvalue weighted by Crippen LogP contribution is 2.17. The van der Waals surface area contributed by atoms with E-state index in [9.17, 15) is 4.79 Å². The molecule has 0 saturated heterocycles. The Labute approximate surface area is 98.1 Å². The molecular weight excluding hydrogens is 228 g/mol. The maximum absolute atomic E-state index is 10.3. The van der Waals surface area contributed by atoms with Gasteiger partial charge in [-0.3, -0.25) is 4.79 Å². The van der Waals surface area contributed by atoms with Gasteiger partial charge in [0.15, 0.2) is 0 Å². The minimum Gasteiger partial charge on any atom is -0.481 e. The van der Waals surface area contributed by atoms with Crippen LogP contribution >= 0.6 is 0 Å². The first-order valence-electron chi connectivity index (χ1n) is 5.47. The van der Waals surface area contributed by atoms with E-state index in [1.165, 1.54) is 0 Å². The molecule has 0 bridgehead atoms. The van der Waals surface area contributed by atoms with Gasteiger partial charge in [0.05, 0.1) is 0 Å². The topological polar surface area (TPSA) is 65.0 Å². The molecule has 0 aliphatic rings. The van der Waals surface area contributed by atoms with Gasteiger partial charge in [0.2, 0.25) is 0 Å². The van der Waals surface area contributed by atoms with Gasteiger partial charge in [-0.1, -0.05) is 12.8 Å². The lowest BCUT2D eigenvalue weighted by Gasteiger charge is -2.24. The van der Waals surface area contributed by atoms with Gasteiger partial charge in [-0.25, -0.2) is 0 Å². The first-order chi connectivity index (χ1) is 7.60. The summed E-state index contributed by atoms with van der Waals surface area (Å²) in [6, 6.07) is 0.781. The van der Waals surface area contributed by atoms with Crippen LogP contribution in [0.1, 0.15) is 32.1 Å². The minimum atomic E-state index is -2.42. The van der Waals surface area contributed by atoms with Crippen molar-refractivity contribution in [2.24, 2.45) is 0 Å². The third-order valence-electron chi connectivity index (χ3n) is 2.56. The molecule has 0 saturated carbocycles. The summed E-state index contributed by atoms with van der Waals surface area (Å²) >= 11 is 0. The van der Waals surface area contributed by atoms with Gasteiger partial charge in [0, 0.05) is 33.8 Å². The third-order valence-corrected chi connectivity index (χ3v) is 5.39. The molecule has 0 spiro atoms. The number of carbonyl (C=O) groups is 1. The van der Waals surface area contributed by atoms with Crippen LogP contribution < -0.4 is 0 Å². The lowest BCUT2D eigenvalue weighted by atomic mass is 10.2. The Kier molecular flexibility index (Phi) is 8.45. The fraction of sp³-hybridized carbons (Fsp3) is 0.900. The zero-order valence-electron chi connectivity index (χ0n) is 10.3. The highest BCUT2D eigenvalue weighted by atomic mass is 28.4. The number of rotatable bonds is 10. The number of carboxylic acid groups (broad SMARTS) is 1. The van der Waals surface area contributed by atoms with Crippen LogP contribution in [-0.4, -0.2) is 41.2 Å². The molecule has 0 aromatic heterocycles. The fourth-order valence-electron chi connectivity index (χ4n) is 1.53. The summed E-state index contributed by atoms with van der Waals surface area (Å²) in [5, 5.41) is 8.46. The Hall–Kier alpha value is -0.433. The molecule has 0 rings (SSSR count). The number of aliphatic carboxylic acids is 1. The second kappa shape index (κ2) is 8.69. The molecule has 0 aliphatic carbocycles. The largest absolute Gasteiger partial charge is 0.500 e. The molecule has 6 heteroatoms. The van der Waals surface area contributed by atoms with Crippen molar-refractivity contribution in [2.75, 3.05) is 21.3 Å². The van der Waals surface area contributed by atoms with Crippen LogP contribution in [0.3, 0.4) is 0 Å². The summed E-state index contributed by atoms with van der Waals surface area (Å²) in [5.74, 6) is -0.727. The maximum atomic E-state index is 10.3. The highest BCUT2D eigenvalue weighted by Gasteiger charge is 2.36. The molecular formula is C10H22O5Si. The Morgan fingerprint density at radius 1 is 1.00 bits per heavy atom. The third kappa shape index (κ3) is 6.22. The highest BCUT2D eigenvalue weighted by molar-refractivity contribution is 6.60. The van der Waals surface area contributed by atoms with Gasteiger partial charge >= 0.3 is 14.8 Å². The minimum absolute atomic E-state index is 0.251. The zero-order valence-corrected chi connectivity index (χ0v) is 11.3. The quantitative estimate of drug-likeness (QED) is 0.474. The molecule has 0 aliphatic heterocycles. The van der Waals surface area contributed by atoms with Gasteiger partial charge in [-0.2, -0.15) is 0 Å². The summed E-state index contributed by atoms with van der Waals surface area (Å²) in [4.78, 5) is 10.3. The van der Waals surface area contributed by atoms with Gasteiger partial charge in [-0.05, 0) is 12.8 Å². The smallest absolute Gasteiger partial charge is 0.481 e. The van der Waals surface area contributed by atoms with Crippen LogP contribution in [-0.2, 0) is 18.1 Å². The molecule has 5 nitrogen and oxygen atoms in total. The van der Waals surface area contributed by atoms with E-state index in [2.05, 4.69) is 0 Å². The number of carboxylic acids is 1. The first kappa shape index (κ1) is 15.6. The van der Waals surface area contributed by atoms with Gasteiger partial charge in [0.1, 0.15) is 0 Å². The van der Waals surface area contributed by atoms with E-state index >= 15 is 0 Å². The Balaban J connectivity index is 3.59. The van der Waals surface area contributed by atoms with Crippen molar-refractivity contribution in [2.45, 2.75) is 38.1 Å². The molecule has 1 N–H and O–H groups in total. The zero-order chi connectivity index (χ0) is 12.4. The van der Waals surface area contributed by atoms with Crippen molar-refractivity contribution in [1.82, 2.24) is 0 Å². The second-order valence-electron chi connectivity index (χ2n) is 3.60. The van der Waals surface area contributed by atoms with Crippen molar-refractivity contribution in [3.05, 3.63) is 0 Å². The van der Waals surface area contributed by atoms with Crippen LogP contribution in [0.25, 0.3) is 0 Å². The van der Waals surface area contributed by atoms with E-state index in [0.717, 1.165) is 31.7 Å². The van der Waals surface area contributed by atoms with Crippen molar-refractivity contribution < 1.29 is 23.2 Å². The van der Waals surface area contributed by atoms with Crippen LogP contribution in [0.4, 0.5) is 0 Å². The molecule has 0 atom stereocenters. The van der Waals surface area contributed by atoms with Crippen molar-refractivity contribution >= 4 is 14.8 Å².